The van der Waals surface area contributed by atoms with Crippen molar-refractivity contribution in [2.45, 2.75) is 25.1 Å². The first-order valence-electron chi connectivity index (χ1n) is 6.81. The molecule has 1 aromatic heterocycles. The number of benzene rings is 1. The number of alkyl halides is 1. The molecule has 23 heavy (non-hydrogen) atoms. The molecular weight excluding hydrogens is 381 g/mol. The molecule has 1 aromatic carbocycles. The Bertz CT molecular complexity index is 679. The molecule has 0 aliphatic carbocycles. The van der Waals surface area contributed by atoms with Crippen molar-refractivity contribution < 1.29 is 9.53 Å². The molecule has 1 atom stereocenters. The van der Waals surface area contributed by atoms with E-state index in [1.165, 1.54) is 11.3 Å². The maximum absolute atomic E-state index is 11.4. The van der Waals surface area contributed by atoms with Crippen LogP contribution in [-0.2, 0) is 11.2 Å². The Morgan fingerprint density at radius 1 is 1.39 bits per heavy atom. The second kappa shape index (κ2) is 8.68. The third-order valence-electron chi connectivity index (χ3n) is 2.74. The Morgan fingerprint density at radius 3 is 2.87 bits per heavy atom. The first-order valence-corrected chi connectivity index (χ1v) is 8.82. The molecule has 2 rings (SSSR count). The van der Waals surface area contributed by atoms with E-state index >= 15 is 0 Å². The second-order valence-corrected chi connectivity index (χ2v) is 7.19. The van der Waals surface area contributed by atoms with Crippen molar-refractivity contribution in [1.82, 2.24) is 10.2 Å². The Balaban J connectivity index is 1.76. The van der Waals surface area contributed by atoms with Gasteiger partial charge in [0.05, 0.1) is 11.6 Å². The van der Waals surface area contributed by atoms with Gasteiger partial charge in [-0.1, -0.05) is 34.5 Å². The van der Waals surface area contributed by atoms with Crippen LogP contribution in [0.25, 0.3) is 0 Å². The topological polar surface area (TPSA) is 64.1 Å². The third-order valence-corrected chi connectivity index (χ3v) is 4.37. The molecule has 1 N–H and O–H groups in total. The molecule has 0 radical (unpaired) electrons. The molecule has 0 saturated heterocycles. The van der Waals surface area contributed by atoms with E-state index in [1.54, 1.807) is 25.1 Å². The molecule has 124 valence electrons. The number of carbonyl (C=O) groups is 1. The van der Waals surface area contributed by atoms with Crippen molar-refractivity contribution in [3.8, 4) is 5.75 Å². The largest absolute Gasteiger partial charge is 0.492 e. The van der Waals surface area contributed by atoms with Gasteiger partial charge < -0.3 is 4.74 Å². The maximum atomic E-state index is 11.4. The van der Waals surface area contributed by atoms with E-state index in [2.05, 4.69) is 15.5 Å². The summed E-state index contributed by atoms with van der Waals surface area (Å²) in [6.07, 6.45) is 1.43. The Kier molecular flexibility index (Phi) is 6.89. The number of halogens is 3. The summed E-state index contributed by atoms with van der Waals surface area (Å²) in [7, 11) is 0. The lowest BCUT2D eigenvalue weighted by Crippen LogP contribution is -2.20. The van der Waals surface area contributed by atoms with Gasteiger partial charge in [0.1, 0.15) is 16.1 Å². The molecule has 1 heterocycles. The number of ether oxygens (including phenoxy) is 1. The number of anilines is 1. The van der Waals surface area contributed by atoms with Crippen LogP contribution in [0.1, 0.15) is 18.4 Å². The highest BCUT2D eigenvalue weighted by Crippen LogP contribution is 2.27. The van der Waals surface area contributed by atoms with Crippen molar-refractivity contribution >= 4 is 57.2 Å². The summed E-state index contributed by atoms with van der Waals surface area (Å²) in [6.45, 7) is 2.08. The number of rotatable bonds is 7. The average molecular weight is 395 g/mol. The van der Waals surface area contributed by atoms with E-state index in [1.807, 2.05) is 0 Å². The molecule has 0 saturated carbocycles. The summed E-state index contributed by atoms with van der Waals surface area (Å²) in [4.78, 5) is 11.4. The van der Waals surface area contributed by atoms with Crippen LogP contribution in [0.4, 0.5) is 5.13 Å². The van der Waals surface area contributed by atoms with Crippen molar-refractivity contribution in [3.63, 3.8) is 0 Å². The lowest BCUT2D eigenvalue weighted by atomic mass is 10.3. The Morgan fingerprint density at radius 2 is 2.17 bits per heavy atom. The summed E-state index contributed by atoms with van der Waals surface area (Å²) < 4.78 is 5.59. The fourth-order valence-electron chi connectivity index (χ4n) is 1.61. The Hall–Kier alpha value is -1.08. The predicted molar refractivity (Wildman–Crippen MR) is 94.1 cm³/mol. The number of hydrogen-bond donors (Lipinski definition) is 1. The van der Waals surface area contributed by atoms with Crippen LogP contribution in [0, 0.1) is 0 Å². The number of aryl methyl sites for hydroxylation is 1. The van der Waals surface area contributed by atoms with Crippen molar-refractivity contribution in [1.29, 1.82) is 0 Å². The summed E-state index contributed by atoms with van der Waals surface area (Å²) in [5.74, 6) is 0.299. The summed E-state index contributed by atoms with van der Waals surface area (Å²) >= 11 is 18.8. The third kappa shape index (κ3) is 5.80. The molecular formula is C14H14Cl3N3O2S. The van der Waals surface area contributed by atoms with Crippen LogP contribution < -0.4 is 10.1 Å². The predicted octanol–water partition coefficient (Wildman–Crippen LogP) is 4.42. The lowest BCUT2D eigenvalue weighted by molar-refractivity contribution is -0.115. The van der Waals surface area contributed by atoms with Crippen LogP contribution in [0.3, 0.4) is 0 Å². The van der Waals surface area contributed by atoms with Crippen LogP contribution in [-0.4, -0.2) is 28.1 Å². The molecule has 0 bridgehead atoms. The van der Waals surface area contributed by atoms with Crippen molar-refractivity contribution in [2.75, 3.05) is 11.9 Å². The number of nitrogens with one attached hydrogen (secondary N) is 1. The number of amides is 1. The number of aromatic nitrogens is 2. The molecule has 2 aromatic rings. The van der Waals surface area contributed by atoms with Crippen molar-refractivity contribution in [3.05, 3.63) is 33.3 Å². The van der Waals surface area contributed by atoms with E-state index < -0.39 is 5.38 Å². The van der Waals surface area contributed by atoms with E-state index in [-0.39, 0.29) is 5.91 Å². The fourth-order valence-corrected chi connectivity index (χ4v) is 2.91. The fraction of sp³-hybridized carbons (Fsp3) is 0.357. The van der Waals surface area contributed by atoms with Gasteiger partial charge in [0, 0.05) is 11.4 Å². The zero-order valence-electron chi connectivity index (χ0n) is 12.2. The van der Waals surface area contributed by atoms with Gasteiger partial charge in [0.2, 0.25) is 11.0 Å². The first-order chi connectivity index (χ1) is 11.0. The van der Waals surface area contributed by atoms with Gasteiger partial charge in [-0.2, -0.15) is 0 Å². The minimum Gasteiger partial charge on any atom is -0.492 e. The molecule has 1 amide bonds. The van der Waals surface area contributed by atoms with Crippen LogP contribution in [0.15, 0.2) is 18.2 Å². The van der Waals surface area contributed by atoms with E-state index in [9.17, 15) is 4.79 Å². The molecule has 0 aliphatic heterocycles. The van der Waals surface area contributed by atoms with E-state index in [4.69, 9.17) is 39.5 Å². The van der Waals surface area contributed by atoms with Gasteiger partial charge in [-0.3, -0.25) is 10.1 Å². The lowest BCUT2D eigenvalue weighted by Gasteiger charge is -2.07. The SMILES string of the molecule is CC(Cl)C(=O)Nc1nnc(CCCOc2ccc(Cl)cc2Cl)s1. The normalized spacial score (nSPS) is 12.0. The highest BCUT2D eigenvalue weighted by Gasteiger charge is 2.12. The van der Waals surface area contributed by atoms with Crippen LogP contribution >= 0.6 is 46.1 Å². The van der Waals surface area contributed by atoms with Gasteiger partial charge in [0.25, 0.3) is 0 Å². The second-order valence-electron chi connectivity index (χ2n) is 4.63. The number of carbonyl (C=O) groups excluding carboxylic acids is 1. The maximum Gasteiger partial charge on any atom is 0.243 e. The standard InChI is InChI=1S/C14H14Cl3N3O2S/c1-8(15)13(21)18-14-20-19-12(23-14)3-2-6-22-11-5-4-9(16)7-10(11)17/h4-5,7-8H,2-3,6H2,1H3,(H,18,20,21). The highest BCUT2D eigenvalue weighted by molar-refractivity contribution is 7.15. The van der Waals surface area contributed by atoms with Gasteiger partial charge in [-0.25, -0.2) is 0 Å². The zero-order valence-corrected chi connectivity index (χ0v) is 15.3. The molecule has 1 unspecified atom stereocenters. The van der Waals surface area contributed by atoms with Gasteiger partial charge in [0.15, 0.2) is 0 Å². The van der Waals surface area contributed by atoms with Gasteiger partial charge in [-0.15, -0.1) is 21.8 Å². The molecule has 9 heteroatoms. The van der Waals surface area contributed by atoms with Gasteiger partial charge in [-0.05, 0) is 31.5 Å². The van der Waals surface area contributed by atoms with E-state index in [0.717, 1.165) is 11.4 Å². The van der Waals surface area contributed by atoms with E-state index in [0.29, 0.717) is 34.0 Å². The van der Waals surface area contributed by atoms with Crippen molar-refractivity contribution in [2.24, 2.45) is 0 Å². The monoisotopic (exact) mass is 393 g/mol. The molecule has 5 nitrogen and oxygen atoms in total. The quantitative estimate of drug-likeness (QED) is 0.557. The zero-order chi connectivity index (χ0) is 16.8. The summed E-state index contributed by atoms with van der Waals surface area (Å²) in [5.41, 5.74) is 0. The molecule has 0 spiro atoms. The summed E-state index contributed by atoms with van der Waals surface area (Å²) in [5, 5.41) is 12.2. The smallest absolute Gasteiger partial charge is 0.243 e. The average Bonchev–Trinajstić information content (AvgIpc) is 2.92. The summed E-state index contributed by atoms with van der Waals surface area (Å²) in [6, 6.07) is 5.09. The van der Waals surface area contributed by atoms with Crippen LogP contribution in [0.5, 0.6) is 5.75 Å². The first kappa shape index (κ1) is 18.3. The number of nitrogens with zero attached hydrogens (tertiary/aromatic N) is 2. The minimum absolute atomic E-state index is 0.296. The Labute approximate surface area is 152 Å². The molecule has 0 aliphatic rings. The highest BCUT2D eigenvalue weighted by atomic mass is 35.5. The number of hydrogen-bond acceptors (Lipinski definition) is 5. The minimum atomic E-state index is -0.611. The molecule has 0 fully saturated rings. The van der Waals surface area contributed by atoms with Crippen LogP contribution in [0.2, 0.25) is 10.0 Å². The van der Waals surface area contributed by atoms with Gasteiger partial charge >= 0.3 is 0 Å².